The first kappa shape index (κ1) is 21.5. The molecule has 0 spiro atoms. The molecule has 0 saturated carbocycles. The van der Waals surface area contributed by atoms with Crippen LogP contribution in [0.3, 0.4) is 0 Å². The van der Waals surface area contributed by atoms with Gasteiger partial charge in [-0.25, -0.2) is 15.0 Å². The van der Waals surface area contributed by atoms with Crippen LogP contribution in [-0.4, -0.2) is 39.0 Å². The van der Waals surface area contributed by atoms with E-state index in [0.29, 0.717) is 11.6 Å². The number of imidazole rings is 1. The molecule has 0 bridgehead atoms. The molecule has 0 aliphatic heterocycles. The lowest BCUT2D eigenvalue weighted by molar-refractivity contribution is -0.141. The summed E-state index contributed by atoms with van der Waals surface area (Å²) in [5, 5.41) is 0. The highest BCUT2D eigenvalue weighted by molar-refractivity contribution is 5.80. The molecule has 1 N–H and O–H groups in total. The SMILES string of the molecule is CN(C)c1ccc(-c2nc3nc(-c4ccc(C(F)(F)F)nc4)nc(C(F)(F)F)c3[nH]2)cc1. The van der Waals surface area contributed by atoms with Crippen molar-refractivity contribution in [1.29, 1.82) is 0 Å². The van der Waals surface area contributed by atoms with E-state index in [-0.39, 0.29) is 17.0 Å². The van der Waals surface area contributed by atoms with Gasteiger partial charge in [-0.05, 0) is 36.4 Å². The van der Waals surface area contributed by atoms with Crippen LogP contribution in [0.25, 0.3) is 33.9 Å². The van der Waals surface area contributed by atoms with Crippen molar-refractivity contribution in [2.24, 2.45) is 0 Å². The van der Waals surface area contributed by atoms with Gasteiger partial charge in [0.15, 0.2) is 17.2 Å². The van der Waals surface area contributed by atoms with Gasteiger partial charge in [0.05, 0.1) is 0 Å². The van der Waals surface area contributed by atoms with Crippen molar-refractivity contribution in [2.45, 2.75) is 12.4 Å². The lowest BCUT2D eigenvalue weighted by atomic mass is 10.2. The number of aromatic amines is 1. The molecule has 3 aromatic heterocycles. The number of anilines is 1. The standard InChI is InChI=1S/C20H14F6N6/c1-32(2)12-6-3-10(4-7-12)16-28-14-15(20(24,25)26)29-17(31-18(14)30-16)11-5-8-13(27-9-11)19(21,22)23/h3-9H,1-2H3,(H,28,29,30,31). The number of hydrogen-bond donors (Lipinski definition) is 1. The van der Waals surface area contributed by atoms with Crippen molar-refractivity contribution in [1.82, 2.24) is 24.9 Å². The zero-order chi connectivity index (χ0) is 23.3. The van der Waals surface area contributed by atoms with Crippen LogP contribution in [-0.2, 0) is 12.4 Å². The number of pyridine rings is 1. The highest BCUT2D eigenvalue weighted by Crippen LogP contribution is 2.35. The van der Waals surface area contributed by atoms with E-state index < -0.39 is 35.1 Å². The first-order chi connectivity index (χ1) is 14.9. The van der Waals surface area contributed by atoms with Gasteiger partial charge in [-0.1, -0.05) is 0 Å². The summed E-state index contributed by atoms with van der Waals surface area (Å²) in [6, 6.07) is 8.54. The van der Waals surface area contributed by atoms with Crippen LogP contribution in [0.4, 0.5) is 32.0 Å². The minimum Gasteiger partial charge on any atom is -0.378 e. The molecule has 1 aromatic carbocycles. The number of H-pyrrole nitrogens is 1. The first-order valence-electron chi connectivity index (χ1n) is 9.10. The van der Waals surface area contributed by atoms with E-state index in [2.05, 4.69) is 24.9 Å². The number of nitrogens with one attached hydrogen (secondary N) is 1. The number of hydrogen-bond acceptors (Lipinski definition) is 5. The fourth-order valence-corrected chi connectivity index (χ4v) is 2.98. The van der Waals surface area contributed by atoms with Crippen LogP contribution >= 0.6 is 0 Å². The molecule has 0 aliphatic rings. The third-order valence-electron chi connectivity index (χ3n) is 4.59. The van der Waals surface area contributed by atoms with Crippen molar-refractivity contribution >= 4 is 16.9 Å². The third kappa shape index (κ3) is 4.07. The van der Waals surface area contributed by atoms with E-state index in [1.54, 1.807) is 24.3 Å². The topological polar surface area (TPSA) is 70.6 Å². The van der Waals surface area contributed by atoms with Crippen LogP contribution in [0, 0.1) is 0 Å². The van der Waals surface area contributed by atoms with E-state index in [9.17, 15) is 26.3 Å². The molecular weight excluding hydrogens is 438 g/mol. The Morgan fingerprint density at radius 3 is 1.97 bits per heavy atom. The lowest BCUT2D eigenvalue weighted by Crippen LogP contribution is -2.11. The number of halogens is 6. The molecule has 12 heteroatoms. The maximum atomic E-state index is 13.7. The maximum absolute atomic E-state index is 13.7. The van der Waals surface area contributed by atoms with Gasteiger partial charge in [-0.15, -0.1) is 0 Å². The summed E-state index contributed by atoms with van der Waals surface area (Å²) in [7, 11) is 3.69. The van der Waals surface area contributed by atoms with Crippen molar-refractivity contribution in [3.05, 3.63) is 54.0 Å². The summed E-state index contributed by atoms with van der Waals surface area (Å²) in [5.41, 5.74) is -1.84. The summed E-state index contributed by atoms with van der Waals surface area (Å²) >= 11 is 0. The molecule has 0 unspecified atom stereocenters. The van der Waals surface area contributed by atoms with Crippen LogP contribution in [0.15, 0.2) is 42.6 Å². The van der Waals surface area contributed by atoms with Crippen LogP contribution in [0.5, 0.6) is 0 Å². The molecule has 0 aliphatic carbocycles. The van der Waals surface area contributed by atoms with Crippen molar-refractivity contribution < 1.29 is 26.3 Å². The van der Waals surface area contributed by atoms with Gasteiger partial charge in [0, 0.05) is 37.1 Å². The normalized spacial score (nSPS) is 12.4. The monoisotopic (exact) mass is 452 g/mol. The summed E-state index contributed by atoms with van der Waals surface area (Å²) < 4.78 is 79.2. The van der Waals surface area contributed by atoms with Gasteiger partial charge < -0.3 is 9.88 Å². The Hall–Kier alpha value is -3.70. The number of fused-ring (bicyclic) bond motifs is 1. The van der Waals surface area contributed by atoms with Crippen LogP contribution in [0.2, 0.25) is 0 Å². The predicted molar refractivity (Wildman–Crippen MR) is 105 cm³/mol. The fourth-order valence-electron chi connectivity index (χ4n) is 2.98. The van der Waals surface area contributed by atoms with Gasteiger partial charge in [0.25, 0.3) is 0 Å². The van der Waals surface area contributed by atoms with E-state index in [1.165, 1.54) is 0 Å². The quantitative estimate of drug-likeness (QED) is 0.434. The third-order valence-corrected chi connectivity index (χ3v) is 4.59. The van der Waals surface area contributed by atoms with Crippen LogP contribution in [0.1, 0.15) is 11.4 Å². The molecule has 4 rings (SSSR count). The molecule has 0 saturated heterocycles. The largest absolute Gasteiger partial charge is 0.435 e. The molecule has 0 radical (unpaired) electrons. The second-order valence-electron chi connectivity index (χ2n) is 7.05. The Balaban J connectivity index is 1.83. The molecule has 4 aromatic rings. The van der Waals surface area contributed by atoms with Crippen molar-refractivity contribution in [2.75, 3.05) is 19.0 Å². The molecular formula is C20H14F6N6. The number of aromatic nitrogens is 5. The summed E-state index contributed by atoms with van der Waals surface area (Å²) in [6.07, 6.45) is -8.76. The molecule has 32 heavy (non-hydrogen) atoms. The van der Waals surface area contributed by atoms with Gasteiger partial charge in [0.2, 0.25) is 0 Å². The zero-order valence-electron chi connectivity index (χ0n) is 16.5. The molecule has 0 amide bonds. The molecule has 6 nitrogen and oxygen atoms in total. The second kappa shape index (κ2) is 7.46. The van der Waals surface area contributed by atoms with Gasteiger partial charge in [0.1, 0.15) is 17.0 Å². The Morgan fingerprint density at radius 2 is 1.44 bits per heavy atom. The average Bonchev–Trinajstić information content (AvgIpc) is 3.16. The van der Waals surface area contributed by atoms with E-state index in [4.69, 9.17) is 0 Å². The minimum absolute atomic E-state index is 0.106. The summed E-state index contributed by atoms with van der Waals surface area (Å²) in [5.74, 6) is -0.292. The lowest BCUT2D eigenvalue weighted by Gasteiger charge is -2.12. The highest BCUT2D eigenvalue weighted by atomic mass is 19.4. The Morgan fingerprint density at radius 1 is 0.781 bits per heavy atom. The number of rotatable bonds is 3. The van der Waals surface area contributed by atoms with Crippen molar-refractivity contribution in [3.8, 4) is 22.8 Å². The minimum atomic E-state index is -4.85. The number of nitrogens with zero attached hydrogens (tertiary/aromatic N) is 5. The molecule has 0 atom stereocenters. The van der Waals surface area contributed by atoms with Gasteiger partial charge in [-0.2, -0.15) is 26.3 Å². The molecule has 0 fully saturated rings. The van der Waals surface area contributed by atoms with Crippen molar-refractivity contribution in [3.63, 3.8) is 0 Å². The summed E-state index contributed by atoms with van der Waals surface area (Å²) in [4.78, 5) is 19.4. The maximum Gasteiger partial charge on any atom is 0.435 e. The summed E-state index contributed by atoms with van der Waals surface area (Å²) in [6.45, 7) is 0. The van der Waals surface area contributed by atoms with E-state index in [1.807, 2.05) is 19.0 Å². The Kier molecular flexibility index (Phi) is 5.02. The average molecular weight is 452 g/mol. The predicted octanol–water partition coefficient (Wildman–Crippen LogP) is 5.19. The number of alkyl halides is 6. The van der Waals surface area contributed by atoms with Crippen LogP contribution < -0.4 is 4.90 Å². The van der Waals surface area contributed by atoms with Gasteiger partial charge in [-0.3, -0.25) is 4.98 Å². The van der Waals surface area contributed by atoms with E-state index in [0.717, 1.165) is 18.0 Å². The highest BCUT2D eigenvalue weighted by Gasteiger charge is 2.37. The number of benzene rings is 1. The first-order valence-corrected chi connectivity index (χ1v) is 9.10. The van der Waals surface area contributed by atoms with Gasteiger partial charge >= 0.3 is 12.4 Å². The Bertz CT molecular complexity index is 1260. The molecule has 3 heterocycles. The second-order valence-corrected chi connectivity index (χ2v) is 7.05. The smallest absolute Gasteiger partial charge is 0.378 e. The van der Waals surface area contributed by atoms with E-state index >= 15 is 0 Å². The Labute approximate surface area is 177 Å². The molecule has 166 valence electrons. The fraction of sp³-hybridized carbons (Fsp3) is 0.200. The zero-order valence-corrected chi connectivity index (χ0v) is 16.5.